The minimum atomic E-state index is -4.53. The largest absolute Gasteiger partial charge is 0.497 e. The average molecular weight is 484 g/mol. The summed E-state index contributed by atoms with van der Waals surface area (Å²) in [7, 11) is 1.54. The molecule has 0 aliphatic heterocycles. The molecular formula is C21H20F4N4O3S. The number of hydrogen-bond acceptors (Lipinski definition) is 6. The van der Waals surface area contributed by atoms with Crippen molar-refractivity contribution >= 4 is 17.7 Å². The van der Waals surface area contributed by atoms with Crippen LogP contribution in [0.2, 0.25) is 0 Å². The van der Waals surface area contributed by atoms with Crippen molar-refractivity contribution in [3.63, 3.8) is 0 Å². The molecule has 0 bridgehead atoms. The molecule has 0 aliphatic rings. The molecule has 7 nitrogen and oxygen atoms in total. The number of amides is 1. The SMILES string of the molecule is COc1ccc(OCc2nnc(SC(C)C(=O)NCC(F)(F)F)n2-c2ccccc2F)cc1. The zero-order valence-electron chi connectivity index (χ0n) is 17.6. The van der Waals surface area contributed by atoms with Gasteiger partial charge in [-0.05, 0) is 43.3 Å². The summed E-state index contributed by atoms with van der Waals surface area (Å²) in [6, 6.07) is 12.7. The van der Waals surface area contributed by atoms with E-state index in [0.29, 0.717) is 11.5 Å². The van der Waals surface area contributed by atoms with E-state index >= 15 is 0 Å². The van der Waals surface area contributed by atoms with Crippen LogP contribution < -0.4 is 14.8 Å². The smallest absolute Gasteiger partial charge is 0.405 e. The number of halogens is 4. The Morgan fingerprint density at radius 3 is 2.42 bits per heavy atom. The summed E-state index contributed by atoms with van der Waals surface area (Å²) in [5, 5.41) is 9.06. The molecule has 2 aromatic carbocycles. The van der Waals surface area contributed by atoms with Gasteiger partial charge < -0.3 is 14.8 Å². The van der Waals surface area contributed by atoms with Crippen molar-refractivity contribution in [3.05, 3.63) is 60.2 Å². The zero-order chi connectivity index (χ0) is 24.0. The first kappa shape index (κ1) is 24.4. The van der Waals surface area contributed by atoms with Crippen molar-refractivity contribution < 1.29 is 31.8 Å². The molecule has 3 aromatic rings. The molecule has 33 heavy (non-hydrogen) atoms. The Labute approximate surface area is 191 Å². The highest BCUT2D eigenvalue weighted by Gasteiger charge is 2.29. The lowest BCUT2D eigenvalue weighted by atomic mass is 10.3. The number of nitrogens with one attached hydrogen (secondary N) is 1. The van der Waals surface area contributed by atoms with Gasteiger partial charge in [-0.3, -0.25) is 9.36 Å². The van der Waals surface area contributed by atoms with Gasteiger partial charge in [0.25, 0.3) is 0 Å². The minimum Gasteiger partial charge on any atom is -0.497 e. The number of hydrogen-bond donors (Lipinski definition) is 1. The lowest BCUT2D eigenvalue weighted by Crippen LogP contribution is -2.38. The molecule has 0 spiro atoms. The fraction of sp³-hybridized carbons (Fsp3) is 0.286. The first-order chi connectivity index (χ1) is 15.7. The van der Waals surface area contributed by atoms with Crippen molar-refractivity contribution in [2.75, 3.05) is 13.7 Å². The third-order valence-electron chi connectivity index (χ3n) is 4.34. The number of benzene rings is 2. The lowest BCUT2D eigenvalue weighted by molar-refractivity contribution is -0.137. The predicted molar refractivity (Wildman–Crippen MR) is 113 cm³/mol. The molecule has 1 atom stereocenters. The van der Waals surface area contributed by atoms with Crippen LogP contribution in [-0.2, 0) is 11.4 Å². The van der Waals surface area contributed by atoms with Crippen LogP contribution in [0, 0.1) is 5.82 Å². The number of methoxy groups -OCH3 is 1. The Hall–Kier alpha value is -3.28. The molecule has 3 rings (SSSR count). The fourth-order valence-corrected chi connectivity index (χ4v) is 3.61. The summed E-state index contributed by atoms with van der Waals surface area (Å²) < 4.78 is 63.9. The number of thioether (sulfide) groups is 1. The Morgan fingerprint density at radius 1 is 1.12 bits per heavy atom. The Balaban J connectivity index is 1.82. The van der Waals surface area contributed by atoms with Crippen LogP contribution in [0.1, 0.15) is 12.7 Å². The van der Waals surface area contributed by atoms with E-state index in [9.17, 15) is 22.4 Å². The minimum absolute atomic E-state index is 0.0805. The number of ether oxygens (including phenoxy) is 2. The van der Waals surface area contributed by atoms with Crippen LogP contribution in [-0.4, -0.2) is 45.8 Å². The van der Waals surface area contributed by atoms with Crippen LogP contribution in [0.4, 0.5) is 17.6 Å². The second-order valence-electron chi connectivity index (χ2n) is 6.74. The van der Waals surface area contributed by atoms with Gasteiger partial charge in [0.05, 0.1) is 18.0 Å². The molecule has 0 saturated carbocycles. The van der Waals surface area contributed by atoms with E-state index in [-0.39, 0.29) is 23.3 Å². The van der Waals surface area contributed by atoms with Gasteiger partial charge in [-0.1, -0.05) is 23.9 Å². The maximum absolute atomic E-state index is 14.6. The van der Waals surface area contributed by atoms with E-state index in [4.69, 9.17) is 9.47 Å². The van der Waals surface area contributed by atoms with Gasteiger partial charge in [0.1, 0.15) is 30.5 Å². The normalized spacial score (nSPS) is 12.3. The van der Waals surface area contributed by atoms with E-state index in [0.717, 1.165) is 11.8 Å². The highest BCUT2D eigenvalue weighted by Crippen LogP contribution is 2.28. The standard InChI is InChI=1S/C21H20F4N4O3S/c1-13(19(30)26-12-21(23,24)25)33-20-28-27-18(29(20)17-6-4-3-5-16(17)22)11-32-15-9-7-14(31-2)8-10-15/h3-10,13H,11-12H2,1-2H3,(H,26,30). The van der Waals surface area contributed by atoms with Crippen LogP contribution in [0.15, 0.2) is 53.7 Å². The van der Waals surface area contributed by atoms with Crippen molar-refractivity contribution in [1.29, 1.82) is 0 Å². The molecule has 0 radical (unpaired) electrons. The van der Waals surface area contributed by atoms with Gasteiger partial charge in [0.15, 0.2) is 11.0 Å². The van der Waals surface area contributed by atoms with Crippen molar-refractivity contribution in [1.82, 2.24) is 20.1 Å². The number of aromatic nitrogens is 3. The summed E-state index contributed by atoms with van der Waals surface area (Å²) >= 11 is 0.851. The molecule has 1 heterocycles. The molecule has 176 valence electrons. The number of nitrogens with zero attached hydrogens (tertiary/aromatic N) is 3. The summed E-state index contributed by atoms with van der Waals surface area (Å²) in [4.78, 5) is 12.1. The highest BCUT2D eigenvalue weighted by atomic mass is 32.2. The van der Waals surface area contributed by atoms with E-state index in [2.05, 4.69) is 10.2 Å². The predicted octanol–water partition coefficient (Wildman–Crippen LogP) is 4.15. The summed E-state index contributed by atoms with van der Waals surface area (Å²) in [6.07, 6.45) is -4.53. The molecule has 12 heteroatoms. The topological polar surface area (TPSA) is 78.3 Å². The molecule has 1 N–H and O–H groups in total. The van der Waals surface area contributed by atoms with Crippen LogP contribution >= 0.6 is 11.8 Å². The van der Waals surface area contributed by atoms with Gasteiger partial charge in [-0.2, -0.15) is 13.2 Å². The Kier molecular flexibility index (Phi) is 7.79. The molecule has 1 amide bonds. The lowest BCUT2D eigenvalue weighted by Gasteiger charge is -2.15. The number of alkyl halides is 3. The quantitative estimate of drug-likeness (QED) is 0.363. The Bertz CT molecular complexity index is 1090. The number of carbonyl (C=O) groups excluding carboxylic acids is 1. The molecule has 0 fully saturated rings. The van der Waals surface area contributed by atoms with E-state index in [1.807, 2.05) is 5.32 Å². The summed E-state index contributed by atoms with van der Waals surface area (Å²) in [5.74, 6) is -0.0156. The van der Waals surface area contributed by atoms with Crippen LogP contribution in [0.25, 0.3) is 5.69 Å². The van der Waals surface area contributed by atoms with Gasteiger partial charge in [-0.15, -0.1) is 10.2 Å². The van der Waals surface area contributed by atoms with Crippen molar-refractivity contribution in [3.8, 4) is 17.2 Å². The second-order valence-corrected chi connectivity index (χ2v) is 8.05. The summed E-state index contributed by atoms with van der Waals surface area (Å²) in [6.45, 7) is -0.106. The first-order valence-electron chi connectivity index (χ1n) is 9.65. The van der Waals surface area contributed by atoms with Gasteiger partial charge >= 0.3 is 6.18 Å². The van der Waals surface area contributed by atoms with Crippen LogP contribution in [0.3, 0.4) is 0 Å². The third kappa shape index (κ3) is 6.60. The number of carbonyl (C=O) groups is 1. The molecule has 1 unspecified atom stereocenters. The van der Waals surface area contributed by atoms with Crippen LogP contribution in [0.5, 0.6) is 11.5 Å². The molecule has 0 saturated heterocycles. The van der Waals surface area contributed by atoms with Gasteiger partial charge in [0.2, 0.25) is 5.91 Å². The monoisotopic (exact) mass is 484 g/mol. The third-order valence-corrected chi connectivity index (χ3v) is 5.38. The Morgan fingerprint density at radius 2 is 1.79 bits per heavy atom. The average Bonchev–Trinajstić information content (AvgIpc) is 3.18. The second kappa shape index (κ2) is 10.6. The van der Waals surface area contributed by atoms with Crippen molar-refractivity contribution in [2.24, 2.45) is 0 Å². The van der Waals surface area contributed by atoms with E-state index < -0.39 is 29.7 Å². The maximum atomic E-state index is 14.6. The van der Waals surface area contributed by atoms with E-state index in [1.165, 1.54) is 36.8 Å². The molecular weight excluding hydrogens is 464 g/mol. The van der Waals surface area contributed by atoms with Gasteiger partial charge in [0, 0.05) is 0 Å². The maximum Gasteiger partial charge on any atom is 0.405 e. The van der Waals surface area contributed by atoms with E-state index in [1.54, 1.807) is 30.3 Å². The summed E-state index contributed by atoms with van der Waals surface area (Å²) in [5.41, 5.74) is 0.112. The number of rotatable bonds is 9. The van der Waals surface area contributed by atoms with Gasteiger partial charge in [-0.25, -0.2) is 4.39 Å². The fourth-order valence-electron chi connectivity index (χ4n) is 2.71. The molecule has 1 aromatic heterocycles. The highest BCUT2D eigenvalue weighted by molar-refractivity contribution is 8.00. The molecule has 0 aliphatic carbocycles. The number of para-hydroxylation sites is 1. The zero-order valence-corrected chi connectivity index (χ0v) is 18.4. The first-order valence-corrected chi connectivity index (χ1v) is 10.5. The van der Waals surface area contributed by atoms with Crippen molar-refractivity contribution in [2.45, 2.75) is 30.1 Å².